The van der Waals surface area contributed by atoms with Gasteiger partial charge in [-0.25, -0.2) is 8.42 Å². The van der Waals surface area contributed by atoms with Gasteiger partial charge in [-0.05, 0) is 31.0 Å². The molecule has 22 heavy (non-hydrogen) atoms. The van der Waals surface area contributed by atoms with E-state index in [1.165, 1.54) is 0 Å². The van der Waals surface area contributed by atoms with Crippen LogP contribution in [0.25, 0.3) is 0 Å². The molecule has 1 aliphatic heterocycles. The van der Waals surface area contributed by atoms with E-state index in [-0.39, 0.29) is 36.0 Å². The summed E-state index contributed by atoms with van der Waals surface area (Å²) in [5.74, 6) is -0.0570. The molecule has 5 nitrogen and oxygen atoms in total. The summed E-state index contributed by atoms with van der Waals surface area (Å²) in [6, 6.07) is 4.80. The summed E-state index contributed by atoms with van der Waals surface area (Å²) in [4.78, 5) is 11.9. The number of nitrogens with one attached hydrogen (secondary N) is 2. The van der Waals surface area contributed by atoms with Crippen LogP contribution in [0.2, 0.25) is 10.0 Å². The Kier molecular flexibility index (Phi) is 5.71. The molecule has 1 aromatic carbocycles. The molecule has 1 aliphatic rings. The number of hydrogen-bond donors (Lipinski definition) is 2. The third-order valence-corrected chi connectivity index (χ3v) is 5.93. The molecule has 1 heterocycles. The molecule has 1 amide bonds. The summed E-state index contributed by atoms with van der Waals surface area (Å²) in [7, 11) is -2.99. The predicted molar refractivity (Wildman–Crippen MR) is 88.1 cm³/mol. The van der Waals surface area contributed by atoms with Crippen LogP contribution in [-0.4, -0.2) is 38.4 Å². The third kappa shape index (κ3) is 4.84. The molecule has 122 valence electrons. The summed E-state index contributed by atoms with van der Waals surface area (Å²) >= 11 is 12.0. The Labute approximate surface area is 140 Å². The Morgan fingerprint density at radius 1 is 1.41 bits per heavy atom. The summed E-state index contributed by atoms with van der Waals surface area (Å²) in [5.41, 5.74) is 0.849. The van der Waals surface area contributed by atoms with Crippen molar-refractivity contribution in [1.82, 2.24) is 10.6 Å². The molecule has 1 saturated heterocycles. The summed E-state index contributed by atoms with van der Waals surface area (Å²) in [5, 5.41) is 6.89. The molecule has 0 aromatic heterocycles. The number of hydrogen-bond acceptors (Lipinski definition) is 4. The van der Waals surface area contributed by atoms with Crippen LogP contribution in [0, 0.1) is 0 Å². The van der Waals surface area contributed by atoms with Gasteiger partial charge in [-0.1, -0.05) is 29.3 Å². The third-order valence-electron chi connectivity index (χ3n) is 3.60. The van der Waals surface area contributed by atoms with E-state index < -0.39 is 9.84 Å². The van der Waals surface area contributed by atoms with Gasteiger partial charge in [0, 0.05) is 22.1 Å². The number of benzene rings is 1. The Hall–Kier alpha value is -0.820. The van der Waals surface area contributed by atoms with Crippen molar-refractivity contribution in [2.24, 2.45) is 0 Å². The van der Waals surface area contributed by atoms with E-state index in [2.05, 4.69) is 10.6 Å². The summed E-state index contributed by atoms with van der Waals surface area (Å²) < 4.78 is 22.7. The molecular weight excluding hydrogens is 347 g/mol. The van der Waals surface area contributed by atoms with Crippen molar-refractivity contribution in [3.8, 4) is 0 Å². The van der Waals surface area contributed by atoms with Gasteiger partial charge in [-0.15, -0.1) is 0 Å². The molecule has 1 aromatic rings. The van der Waals surface area contributed by atoms with Crippen molar-refractivity contribution in [2.45, 2.75) is 25.4 Å². The fourth-order valence-corrected chi connectivity index (χ4v) is 4.64. The lowest BCUT2D eigenvalue weighted by Gasteiger charge is -2.17. The minimum absolute atomic E-state index is 0.0251. The Balaban J connectivity index is 1.83. The van der Waals surface area contributed by atoms with Crippen LogP contribution >= 0.6 is 23.2 Å². The molecule has 0 unspecified atom stereocenters. The van der Waals surface area contributed by atoms with Gasteiger partial charge in [0.1, 0.15) is 0 Å². The molecule has 0 saturated carbocycles. The van der Waals surface area contributed by atoms with Crippen molar-refractivity contribution < 1.29 is 13.2 Å². The smallest absolute Gasteiger partial charge is 0.234 e. The molecule has 1 fully saturated rings. The molecule has 2 N–H and O–H groups in total. The fourth-order valence-electron chi connectivity index (χ4n) is 2.40. The van der Waals surface area contributed by atoms with Crippen LogP contribution in [0.4, 0.5) is 0 Å². The first-order chi connectivity index (χ1) is 10.3. The van der Waals surface area contributed by atoms with Gasteiger partial charge in [0.05, 0.1) is 18.1 Å². The molecule has 0 bridgehead atoms. The number of amides is 1. The minimum Gasteiger partial charge on any atom is -0.351 e. The molecule has 0 aliphatic carbocycles. The van der Waals surface area contributed by atoms with E-state index in [1.54, 1.807) is 12.1 Å². The first kappa shape index (κ1) is 17.5. The van der Waals surface area contributed by atoms with Crippen molar-refractivity contribution in [1.29, 1.82) is 0 Å². The van der Waals surface area contributed by atoms with Crippen LogP contribution in [0.1, 0.15) is 24.9 Å². The minimum atomic E-state index is -2.99. The van der Waals surface area contributed by atoms with E-state index in [1.807, 2.05) is 13.0 Å². The zero-order valence-electron chi connectivity index (χ0n) is 12.1. The van der Waals surface area contributed by atoms with Gasteiger partial charge in [-0.3, -0.25) is 4.79 Å². The van der Waals surface area contributed by atoms with E-state index in [9.17, 15) is 13.2 Å². The average Bonchev–Trinajstić information content (AvgIpc) is 2.75. The predicted octanol–water partition coefficient (Wildman–Crippen LogP) is 1.95. The number of halogens is 2. The molecule has 0 spiro atoms. The first-order valence-corrected chi connectivity index (χ1v) is 9.53. The number of rotatable bonds is 5. The zero-order chi connectivity index (χ0) is 16.3. The lowest BCUT2D eigenvalue weighted by atomic mass is 10.1. The molecule has 2 rings (SSSR count). The summed E-state index contributed by atoms with van der Waals surface area (Å²) in [6.45, 7) is 1.99. The van der Waals surface area contributed by atoms with Gasteiger partial charge < -0.3 is 10.6 Å². The Morgan fingerprint density at radius 2 is 2.14 bits per heavy atom. The van der Waals surface area contributed by atoms with Gasteiger partial charge in [0.2, 0.25) is 5.91 Å². The quantitative estimate of drug-likeness (QED) is 0.836. The van der Waals surface area contributed by atoms with Gasteiger partial charge in [0.25, 0.3) is 0 Å². The fraction of sp³-hybridized carbons (Fsp3) is 0.500. The second kappa shape index (κ2) is 7.17. The van der Waals surface area contributed by atoms with E-state index in [0.717, 1.165) is 5.56 Å². The highest BCUT2D eigenvalue weighted by Gasteiger charge is 2.28. The first-order valence-electron chi connectivity index (χ1n) is 6.95. The lowest BCUT2D eigenvalue weighted by molar-refractivity contribution is -0.120. The number of carbonyl (C=O) groups excluding carboxylic acids is 1. The second-order valence-corrected chi connectivity index (χ2v) is 8.51. The van der Waals surface area contributed by atoms with Crippen LogP contribution in [0.5, 0.6) is 0 Å². The highest BCUT2D eigenvalue weighted by atomic mass is 35.5. The van der Waals surface area contributed by atoms with Crippen molar-refractivity contribution >= 4 is 38.9 Å². The maximum atomic E-state index is 11.9. The molecule has 2 atom stereocenters. The number of carbonyl (C=O) groups is 1. The largest absolute Gasteiger partial charge is 0.351 e. The normalized spacial score (nSPS) is 21.5. The standard InChI is InChI=1S/C14H18Cl2N2O3S/c1-9(12-3-2-10(15)6-13(12)16)17-7-14(19)18-11-4-5-22(20,21)8-11/h2-3,6,9,11,17H,4-5,7-8H2,1H3,(H,18,19)/t9-,11-/m1/s1. The summed E-state index contributed by atoms with van der Waals surface area (Å²) in [6.07, 6.45) is 0.479. The molecular formula is C14H18Cl2N2O3S. The zero-order valence-corrected chi connectivity index (χ0v) is 14.4. The maximum Gasteiger partial charge on any atom is 0.234 e. The van der Waals surface area contributed by atoms with Crippen LogP contribution in [0.3, 0.4) is 0 Å². The van der Waals surface area contributed by atoms with Crippen LogP contribution < -0.4 is 10.6 Å². The second-order valence-electron chi connectivity index (χ2n) is 5.44. The SMILES string of the molecule is C[C@@H](NCC(=O)N[C@@H]1CCS(=O)(=O)C1)c1ccc(Cl)cc1Cl. The van der Waals surface area contributed by atoms with E-state index in [0.29, 0.717) is 16.5 Å². The van der Waals surface area contributed by atoms with Crippen LogP contribution in [-0.2, 0) is 14.6 Å². The topological polar surface area (TPSA) is 75.3 Å². The highest BCUT2D eigenvalue weighted by molar-refractivity contribution is 7.91. The van der Waals surface area contributed by atoms with Crippen molar-refractivity contribution in [2.75, 3.05) is 18.1 Å². The van der Waals surface area contributed by atoms with E-state index in [4.69, 9.17) is 23.2 Å². The van der Waals surface area contributed by atoms with Crippen LogP contribution in [0.15, 0.2) is 18.2 Å². The van der Waals surface area contributed by atoms with Gasteiger partial charge in [0.15, 0.2) is 9.84 Å². The van der Waals surface area contributed by atoms with Gasteiger partial charge in [-0.2, -0.15) is 0 Å². The number of sulfone groups is 1. The van der Waals surface area contributed by atoms with Crippen molar-refractivity contribution in [3.63, 3.8) is 0 Å². The molecule has 0 radical (unpaired) electrons. The van der Waals surface area contributed by atoms with Crippen molar-refractivity contribution in [3.05, 3.63) is 33.8 Å². The highest BCUT2D eigenvalue weighted by Crippen LogP contribution is 2.25. The Bertz CT molecular complexity index is 664. The lowest BCUT2D eigenvalue weighted by Crippen LogP contribution is -2.41. The molecule has 8 heteroatoms. The Morgan fingerprint density at radius 3 is 2.73 bits per heavy atom. The van der Waals surface area contributed by atoms with Gasteiger partial charge >= 0.3 is 0 Å². The average molecular weight is 365 g/mol. The monoisotopic (exact) mass is 364 g/mol. The maximum absolute atomic E-state index is 11.9. The van der Waals surface area contributed by atoms with E-state index >= 15 is 0 Å².